The summed E-state index contributed by atoms with van der Waals surface area (Å²) < 4.78 is 51.7. The van der Waals surface area contributed by atoms with E-state index in [1.165, 1.54) is 24.9 Å². The second-order valence-electron chi connectivity index (χ2n) is 20.9. The molecule has 0 unspecified atom stereocenters. The smallest absolute Gasteiger partial charge is 0.317 e. The first-order valence-electron chi connectivity index (χ1n) is 27.6. The molecule has 2 aromatic carbocycles. The van der Waals surface area contributed by atoms with Gasteiger partial charge in [-0.2, -0.15) is 15.2 Å². The molecule has 4 aromatic heterocycles. The number of fused-ring (bicyclic) bond motifs is 3. The summed E-state index contributed by atoms with van der Waals surface area (Å²) in [6.07, 6.45) is 6.94. The molecule has 5 amide bonds. The van der Waals surface area contributed by atoms with Crippen molar-refractivity contribution in [2.75, 3.05) is 102 Å². The number of carbonyl (C=O) groups excluding carboxylic acids is 4. The zero-order valence-corrected chi connectivity index (χ0v) is 47.4. The number of nitrogens with zero attached hydrogens (tertiary/aromatic N) is 11. The lowest BCUT2D eigenvalue weighted by Gasteiger charge is -2.34. The van der Waals surface area contributed by atoms with Crippen LogP contribution in [0.25, 0.3) is 22.0 Å². The van der Waals surface area contributed by atoms with Crippen molar-refractivity contribution in [1.29, 1.82) is 0 Å². The van der Waals surface area contributed by atoms with E-state index in [4.69, 9.17) is 35.9 Å². The minimum Gasteiger partial charge on any atom is -0.494 e. The molecule has 0 spiro atoms. The number of nitrogens with one attached hydrogen (secondary N) is 4. The van der Waals surface area contributed by atoms with E-state index in [2.05, 4.69) is 40.9 Å². The molecule has 0 bridgehead atoms. The number of urea groups is 1. The molecule has 2 fully saturated rings. The molecule has 2 saturated heterocycles. The molecule has 8 heterocycles. The zero-order valence-electron chi connectivity index (χ0n) is 46.6. The topological polar surface area (TPSA) is 240 Å². The van der Waals surface area contributed by atoms with Gasteiger partial charge in [0.15, 0.2) is 24.0 Å². The minimum absolute atomic E-state index is 0.00120. The molecule has 26 heteroatoms. The number of likely N-dealkylation sites (N-methyl/N-ethyl adjacent to an activating group) is 1. The van der Waals surface area contributed by atoms with Gasteiger partial charge in [-0.15, -0.1) is 0 Å². The van der Waals surface area contributed by atoms with Crippen LogP contribution in [-0.4, -0.2) is 154 Å². The molecule has 4 aliphatic heterocycles. The number of rotatable bonds is 18. The molecule has 0 atom stereocenters. The molecule has 10 rings (SSSR count). The monoisotopic (exact) mass is 1150 g/mol. The maximum Gasteiger partial charge on any atom is 0.317 e. The van der Waals surface area contributed by atoms with Gasteiger partial charge in [-0.25, -0.2) is 18.6 Å². The second-order valence-corrected chi connectivity index (χ2v) is 21.3. The summed E-state index contributed by atoms with van der Waals surface area (Å²) >= 11 is 6.59. The molecule has 4 aliphatic rings. The lowest BCUT2D eigenvalue weighted by atomic mass is 9.92. The predicted octanol–water partition coefficient (Wildman–Crippen LogP) is 5.78. The van der Waals surface area contributed by atoms with Crippen LogP contribution in [-0.2, 0) is 52.6 Å². The number of anilines is 5. The number of pyridine rings is 1. The number of carbonyl (C=O) groups is 4. The highest BCUT2D eigenvalue weighted by Gasteiger charge is 2.36. The van der Waals surface area contributed by atoms with Gasteiger partial charge in [0.2, 0.25) is 17.8 Å². The van der Waals surface area contributed by atoms with Gasteiger partial charge >= 0.3 is 6.03 Å². The highest BCUT2D eigenvalue weighted by molar-refractivity contribution is 6.33. The Labute approximate surface area is 477 Å². The van der Waals surface area contributed by atoms with Crippen LogP contribution >= 0.6 is 11.6 Å². The molecule has 6 aromatic rings. The number of methoxy groups -OCH3 is 1. The third kappa shape index (κ3) is 12.1. The lowest BCUT2D eigenvalue weighted by Crippen LogP contribution is -2.42. The summed E-state index contributed by atoms with van der Waals surface area (Å²) in [4.78, 5) is 81.4. The summed E-state index contributed by atoms with van der Waals surface area (Å²) in [7, 11) is 7.94. The number of aryl methyl sites for hydroxylation is 3. The van der Waals surface area contributed by atoms with Crippen molar-refractivity contribution in [3.63, 3.8) is 0 Å². The van der Waals surface area contributed by atoms with E-state index in [1.807, 2.05) is 15.9 Å². The molecular weight excluding hydrogens is 1080 g/mol. The van der Waals surface area contributed by atoms with E-state index in [0.29, 0.717) is 141 Å². The molecule has 23 nitrogen and oxygen atoms in total. The highest BCUT2D eigenvalue weighted by atomic mass is 35.5. The van der Waals surface area contributed by atoms with E-state index in [1.54, 1.807) is 67.4 Å². The van der Waals surface area contributed by atoms with E-state index in [0.717, 1.165) is 29.7 Å². The van der Waals surface area contributed by atoms with Gasteiger partial charge in [0.25, 0.3) is 17.9 Å². The molecule has 436 valence electrons. The van der Waals surface area contributed by atoms with E-state index < -0.39 is 12.0 Å². The molecule has 4 N–H and O–H groups in total. The number of likely N-dealkylation sites (tertiary alicyclic amines) is 1. The zero-order chi connectivity index (χ0) is 57.8. The van der Waals surface area contributed by atoms with Crippen molar-refractivity contribution in [3.8, 4) is 22.6 Å². The van der Waals surface area contributed by atoms with Crippen LogP contribution in [0, 0.1) is 5.92 Å². The van der Waals surface area contributed by atoms with Crippen LogP contribution in [0.3, 0.4) is 0 Å². The number of aromatic nitrogens is 7. The summed E-state index contributed by atoms with van der Waals surface area (Å²) in [5.74, 6) is 1.17. The maximum absolute atomic E-state index is 14.8. The third-order valence-corrected chi connectivity index (χ3v) is 16.1. The SMILES string of the molecule is CNC(=O)COc1cc2cc(Nc3nc(N4CCC(C(=O)NCCOCCC(=O)N5CCC(n6nc(N7CCCc8cc(-c9cnn(C)c9)c(C(F)F)cc87)c7c6CCN(C(=O)NC)C7)CC5)CC4)ncc3Cl)cc(OC)c2n(C)c1=O. The number of amides is 5. The first-order valence-corrected chi connectivity index (χ1v) is 28.0. The highest BCUT2D eigenvalue weighted by Crippen LogP contribution is 2.44. The fraction of sp³-hybridized carbons (Fsp3) is 0.482. The van der Waals surface area contributed by atoms with Crippen molar-refractivity contribution in [2.24, 2.45) is 20.0 Å². The van der Waals surface area contributed by atoms with E-state index >= 15 is 0 Å². The number of alkyl halides is 2. The molecular formula is C56H68ClF2N15O8. The lowest BCUT2D eigenvalue weighted by molar-refractivity contribution is -0.134. The maximum atomic E-state index is 14.8. The van der Waals surface area contributed by atoms with E-state index in [9.17, 15) is 32.8 Å². The van der Waals surface area contributed by atoms with Crippen LogP contribution in [0.5, 0.6) is 11.5 Å². The summed E-state index contributed by atoms with van der Waals surface area (Å²) in [6, 6.07) is 8.33. The van der Waals surface area contributed by atoms with Crippen LogP contribution in [0.1, 0.15) is 73.4 Å². The summed E-state index contributed by atoms with van der Waals surface area (Å²) in [6.45, 7) is 3.98. The standard InChI is InChI=1S/C56H68ClF2N15O8/c1-60-47(75)32-82-46-25-35-23-37(26-45(80-5)49(35)69(4)54(46)78)65-51-42(57)29-63-55(66-51)71-16-8-33(9-17-71)53(77)62-14-22-81-21-13-48(76)70-18-10-38(11-19-70)74-43-12-20-72(56(79)61-2)31-41(43)52(67-74)73-15-6-7-34-24-39(36-28-64-68(3)30-36)40(50(58)59)27-44(34)73/h23-30,33,38,50H,6-22,31-32H2,1-5H3,(H,60,75)(H,61,79)(H,62,77)(H,63,65,66). The number of piperidine rings is 2. The quantitative estimate of drug-likeness (QED) is 0.0747. The van der Waals surface area contributed by atoms with Gasteiger partial charge in [-0.1, -0.05) is 11.6 Å². The van der Waals surface area contributed by atoms with Crippen molar-refractivity contribution in [1.82, 2.24) is 59.8 Å². The van der Waals surface area contributed by atoms with Crippen molar-refractivity contribution in [2.45, 2.75) is 70.4 Å². The Kier molecular flexibility index (Phi) is 17.4. The van der Waals surface area contributed by atoms with Crippen molar-refractivity contribution in [3.05, 3.63) is 86.7 Å². The largest absolute Gasteiger partial charge is 0.494 e. The Hall–Kier alpha value is -8.06. The number of halogens is 3. The Morgan fingerprint density at radius 1 is 0.890 bits per heavy atom. The van der Waals surface area contributed by atoms with Crippen LogP contribution in [0.2, 0.25) is 5.02 Å². The van der Waals surface area contributed by atoms with Gasteiger partial charge in [0.05, 0.1) is 57.2 Å². The molecule has 82 heavy (non-hydrogen) atoms. The Morgan fingerprint density at radius 3 is 2.40 bits per heavy atom. The second kappa shape index (κ2) is 25.0. The molecule has 0 radical (unpaired) electrons. The number of hydrogen-bond donors (Lipinski definition) is 4. The van der Waals surface area contributed by atoms with Gasteiger partial charge in [0, 0.05) is 138 Å². The average Bonchev–Trinajstić information content (AvgIpc) is 2.49. The predicted molar refractivity (Wildman–Crippen MR) is 304 cm³/mol. The van der Waals surface area contributed by atoms with Crippen LogP contribution in [0.15, 0.2) is 53.7 Å². The van der Waals surface area contributed by atoms with Crippen molar-refractivity contribution < 1.29 is 42.2 Å². The number of hydrogen-bond acceptors (Lipinski definition) is 15. The van der Waals surface area contributed by atoms with Gasteiger partial charge in [-0.05, 0) is 73.9 Å². The third-order valence-electron chi connectivity index (χ3n) is 15.9. The number of benzene rings is 2. The van der Waals surface area contributed by atoms with Gasteiger partial charge < -0.3 is 59.6 Å². The fourth-order valence-electron chi connectivity index (χ4n) is 11.5. The average molecular weight is 1150 g/mol. The summed E-state index contributed by atoms with van der Waals surface area (Å²) in [5.41, 5.74) is 5.27. The van der Waals surface area contributed by atoms with Crippen LogP contribution < -0.4 is 46.1 Å². The van der Waals surface area contributed by atoms with Gasteiger partial charge in [-0.3, -0.25) is 28.5 Å². The Bertz CT molecular complexity index is 3430. The summed E-state index contributed by atoms with van der Waals surface area (Å²) in [5, 5.41) is 21.8. The minimum atomic E-state index is -2.71. The van der Waals surface area contributed by atoms with Crippen molar-refractivity contribution >= 4 is 75.2 Å². The number of ether oxygens (including phenoxy) is 3. The fourth-order valence-corrected chi connectivity index (χ4v) is 11.6. The molecule has 0 saturated carbocycles. The first kappa shape index (κ1) is 57.2. The van der Waals surface area contributed by atoms with Gasteiger partial charge in [0.1, 0.15) is 10.8 Å². The normalized spacial score (nSPS) is 15.8. The van der Waals surface area contributed by atoms with Crippen LogP contribution in [0.4, 0.5) is 42.5 Å². The first-order chi connectivity index (χ1) is 39.6. The molecule has 0 aliphatic carbocycles. The Balaban J connectivity index is 0.688. The Morgan fingerprint density at radius 2 is 1.68 bits per heavy atom. The van der Waals surface area contributed by atoms with E-state index in [-0.39, 0.29) is 78.3 Å².